The van der Waals surface area contributed by atoms with Crippen molar-refractivity contribution in [3.63, 3.8) is 0 Å². The molecule has 0 bridgehead atoms. The monoisotopic (exact) mass is 274 g/mol. The van der Waals surface area contributed by atoms with Gasteiger partial charge in [-0.1, -0.05) is 12.1 Å². The van der Waals surface area contributed by atoms with E-state index in [9.17, 15) is 18.0 Å². The maximum atomic E-state index is 12.0. The molecule has 0 aliphatic rings. The molecule has 0 N–H and O–H groups in total. The van der Waals surface area contributed by atoms with E-state index < -0.39 is 12.3 Å². The zero-order valence-corrected chi connectivity index (χ0v) is 10.5. The number of ether oxygens (including phenoxy) is 2. The standard InChI is InChI=1S/C13H13F3O3/c1-3-18-12(17)8-9(2)10-4-6-11(7-5-10)19-13(14,15)16/h4-8H,3H2,1-2H3/b9-8-. The molecule has 0 amide bonds. The van der Waals surface area contributed by atoms with E-state index in [1.807, 2.05) is 0 Å². The summed E-state index contributed by atoms with van der Waals surface area (Å²) in [5.41, 5.74) is 1.21. The average Bonchev–Trinajstić information content (AvgIpc) is 2.27. The van der Waals surface area contributed by atoms with E-state index in [0.29, 0.717) is 11.1 Å². The summed E-state index contributed by atoms with van der Waals surface area (Å²) in [6.07, 6.45) is -3.43. The van der Waals surface area contributed by atoms with E-state index >= 15 is 0 Å². The summed E-state index contributed by atoms with van der Waals surface area (Å²) in [4.78, 5) is 11.2. The van der Waals surface area contributed by atoms with E-state index in [1.54, 1.807) is 13.8 Å². The topological polar surface area (TPSA) is 35.5 Å². The molecule has 1 rings (SSSR count). The first-order valence-corrected chi connectivity index (χ1v) is 5.53. The normalized spacial score (nSPS) is 12.2. The van der Waals surface area contributed by atoms with Gasteiger partial charge in [-0.15, -0.1) is 13.2 Å². The number of allylic oxidation sites excluding steroid dienone is 1. The molecule has 0 aliphatic carbocycles. The van der Waals surface area contributed by atoms with Crippen LogP contribution in [0.1, 0.15) is 19.4 Å². The number of hydrogen-bond donors (Lipinski definition) is 0. The highest BCUT2D eigenvalue weighted by Crippen LogP contribution is 2.24. The van der Waals surface area contributed by atoms with Crippen LogP contribution in [-0.4, -0.2) is 18.9 Å². The average molecular weight is 274 g/mol. The van der Waals surface area contributed by atoms with Gasteiger partial charge in [0.2, 0.25) is 0 Å². The van der Waals surface area contributed by atoms with Crippen LogP contribution in [0.15, 0.2) is 30.3 Å². The molecule has 6 heteroatoms. The molecule has 0 heterocycles. The number of hydrogen-bond acceptors (Lipinski definition) is 3. The fourth-order valence-corrected chi connectivity index (χ4v) is 1.36. The van der Waals surface area contributed by atoms with Crippen molar-refractivity contribution in [3.05, 3.63) is 35.9 Å². The van der Waals surface area contributed by atoms with Gasteiger partial charge in [0.25, 0.3) is 0 Å². The number of esters is 1. The first-order chi connectivity index (χ1) is 8.81. The van der Waals surface area contributed by atoms with Crippen LogP contribution in [0, 0.1) is 0 Å². The predicted molar refractivity (Wildman–Crippen MR) is 63.4 cm³/mol. The molecular weight excluding hydrogens is 261 g/mol. The second-order valence-electron chi connectivity index (χ2n) is 3.65. The maximum absolute atomic E-state index is 12.0. The summed E-state index contributed by atoms with van der Waals surface area (Å²) >= 11 is 0. The molecule has 0 spiro atoms. The third-order valence-corrected chi connectivity index (χ3v) is 2.16. The van der Waals surface area contributed by atoms with Gasteiger partial charge in [-0.2, -0.15) is 0 Å². The molecule has 0 aromatic heterocycles. The highest BCUT2D eigenvalue weighted by molar-refractivity contribution is 5.90. The quantitative estimate of drug-likeness (QED) is 0.622. The minimum absolute atomic E-state index is 0.265. The lowest BCUT2D eigenvalue weighted by molar-refractivity contribution is -0.274. The Balaban J connectivity index is 2.78. The predicted octanol–water partition coefficient (Wildman–Crippen LogP) is 3.55. The minimum Gasteiger partial charge on any atom is -0.463 e. The zero-order valence-electron chi connectivity index (χ0n) is 10.5. The van der Waals surface area contributed by atoms with Gasteiger partial charge in [-0.3, -0.25) is 0 Å². The smallest absolute Gasteiger partial charge is 0.463 e. The number of halogens is 3. The number of carbonyl (C=O) groups is 1. The van der Waals surface area contributed by atoms with E-state index in [-0.39, 0.29) is 12.4 Å². The van der Waals surface area contributed by atoms with Crippen LogP contribution < -0.4 is 4.74 Å². The third-order valence-electron chi connectivity index (χ3n) is 2.16. The molecule has 19 heavy (non-hydrogen) atoms. The van der Waals surface area contributed by atoms with E-state index in [0.717, 1.165) is 0 Å². The second kappa shape index (κ2) is 6.26. The van der Waals surface area contributed by atoms with Gasteiger partial charge in [-0.05, 0) is 37.1 Å². The van der Waals surface area contributed by atoms with Gasteiger partial charge in [0.05, 0.1) is 6.61 Å². The minimum atomic E-state index is -4.71. The van der Waals surface area contributed by atoms with Crippen LogP contribution >= 0.6 is 0 Å². The van der Waals surface area contributed by atoms with Gasteiger partial charge in [0, 0.05) is 6.08 Å². The van der Waals surface area contributed by atoms with E-state index in [1.165, 1.54) is 30.3 Å². The molecule has 0 fully saturated rings. The highest BCUT2D eigenvalue weighted by atomic mass is 19.4. The molecule has 0 radical (unpaired) electrons. The van der Waals surface area contributed by atoms with Gasteiger partial charge >= 0.3 is 12.3 Å². The lowest BCUT2D eigenvalue weighted by Gasteiger charge is -2.09. The Morgan fingerprint density at radius 1 is 1.26 bits per heavy atom. The Hall–Kier alpha value is -1.98. The SMILES string of the molecule is CCOC(=O)/C=C(/C)c1ccc(OC(F)(F)F)cc1. The second-order valence-corrected chi connectivity index (χ2v) is 3.65. The fraction of sp³-hybridized carbons (Fsp3) is 0.308. The summed E-state index contributed by atoms with van der Waals surface area (Å²) in [6, 6.07) is 5.24. The van der Waals surface area contributed by atoms with Crippen molar-refractivity contribution in [1.29, 1.82) is 0 Å². The summed E-state index contributed by atoms with van der Waals surface area (Å²) in [5, 5.41) is 0. The largest absolute Gasteiger partial charge is 0.573 e. The van der Waals surface area contributed by atoms with Crippen molar-refractivity contribution in [2.24, 2.45) is 0 Å². The van der Waals surface area contributed by atoms with Crippen LogP contribution in [0.4, 0.5) is 13.2 Å². The number of benzene rings is 1. The van der Waals surface area contributed by atoms with Crippen LogP contribution in [0.2, 0.25) is 0 Å². The Bertz CT molecular complexity index is 461. The van der Waals surface area contributed by atoms with Crippen molar-refractivity contribution >= 4 is 11.5 Å². The van der Waals surface area contributed by atoms with Crippen LogP contribution in [0.5, 0.6) is 5.75 Å². The first kappa shape index (κ1) is 15.1. The summed E-state index contributed by atoms with van der Waals surface area (Å²) in [5.74, 6) is -0.796. The summed E-state index contributed by atoms with van der Waals surface area (Å²) in [7, 11) is 0. The molecule has 1 aromatic rings. The molecular formula is C13H13F3O3. The van der Waals surface area contributed by atoms with Crippen LogP contribution in [0.3, 0.4) is 0 Å². The van der Waals surface area contributed by atoms with Crippen molar-refractivity contribution in [2.75, 3.05) is 6.61 Å². The van der Waals surface area contributed by atoms with Crippen molar-refractivity contribution in [1.82, 2.24) is 0 Å². The third kappa shape index (κ3) is 5.46. The van der Waals surface area contributed by atoms with Crippen molar-refractivity contribution < 1.29 is 27.4 Å². The highest BCUT2D eigenvalue weighted by Gasteiger charge is 2.30. The van der Waals surface area contributed by atoms with Crippen molar-refractivity contribution in [3.8, 4) is 5.75 Å². The van der Waals surface area contributed by atoms with Crippen molar-refractivity contribution in [2.45, 2.75) is 20.2 Å². The first-order valence-electron chi connectivity index (χ1n) is 5.53. The fourth-order valence-electron chi connectivity index (χ4n) is 1.36. The van der Waals surface area contributed by atoms with Gasteiger partial charge in [0.1, 0.15) is 5.75 Å². The van der Waals surface area contributed by atoms with E-state index in [2.05, 4.69) is 4.74 Å². The molecule has 1 aromatic carbocycles. The number of carbonyl (C=O) groups excluding carboxylic acids is 1. The number of alkyl halides is 3. The Morgan fingerprint density at radius 2 is 1.84 bits per heavy atom. The number of rotatable bonds is 4. The molecule has 0 saturated heterocycles. The lowest BCUT2D eigenvalue weighted by Crippen LogP contribution is -2.16. The molecule has 0 unspecified atom stereocenters. The molecule has 0 saturated carbocycles. The zero-order chi connectivity index (χ0) is 14.5. The maximum Gasteiger partial charge on any atom is 0.573 e. The Kier molecular flexibility index (Phi) is 4.97. The van der Waals surface area contributed by atoms with Crippen LogP contribution in [0.25, 0.3) is 5.57 Å². The van der Waals surface area contributed by atoms with Crippen LogP contribution in [-0.2, 0) is 9.53 Å². The summed E-state index contributed by atoms with van der Waals surface area (Å²) < 4.78 is 44.4. The Labute approximate surface area is 108 Å². The molecule has 0 atom stereocenters. The molecule has 0 aliphatic heterocycles. The Morgan fingerprint density at radius 3 is 2.32 bits per heavy atom. The van der Waals surface area contributed by atoms with Gasteiger partial charge in [-0.25, -0.2) is 4.79 Å². The molecule has 104 valence electrons. The van der Waals surface area contributed by atoms with E-state index in [4.69, 9.17) is 4.74 Å². The van der Waals surface area contributed by atoms with Gasteiger partial charge in [0.15, 0.2) is 0 Å². The molecule has 3 nitrogen and oxygen atoms in total. The lowest BCUT2D eigenvalue weighted by atomic mass is 10.1. The van der Waals surface area contributed by atoms with Gasteiger partial charge < -0.3 is 9.47 Å². The summed E-state index contributed by atoms with van der Waals surface area (Å²) in [6.45, 7) is 3.61.